The number of urea groups is 1. The Balaban J connectivity index is 1.43. The van der Waals surface area contributed by atoms with Crippen molar-refractivity contribution in [3.8, 4) is 0 Å². The van der Waals surface area contributed by atoms with Crippen LogP contribution in [0, 0.1) is 12.8 Å². The summed E-state index contributed by atoms with van der Waals surface area (Å²) in [6, 6.07) is 8.60. The molecule has 4 rings (SSSR count). The van der Waals surface area contributed by atoms with Crippen LogP contribution in [0.2, 0.25) is 0 Å². The van der Waals surface area contributed by atoms with Gasteiger partial charge in [-0.1, -0.05) is 18.2 Å². The Kier molecular flexibility index (Phi) is 4.40. The average Bonchev–Trinajstić information content (AvgIpc) is 3.41. The predicted molar refractivity (Wildman–Crippen MR) is 97.4 cm³/mol. The average molecular weight is 341 g/mol. The zero-order valence-corrected chi connectivity index (χ0v) is 14.8. The van der Waals surface area contributed by atoms with Gasteiger partial charge in [-0.3, -0.25) is 4.79 Å². The minimum absolute atomic E-state index is 0.0102. The lowest BCUT2D eigenvalue weighted by Crippen LogP contribution is -2.59. The van der Waals surface area contributed by atoms with E-state index in [0.29, 0.717) is 0 Å². The molecule has 2 aliphatic heterocycles. The van der Waals surface area contributed by atoms with Gasteiger partial charge in [-0.15, -0.1) is 0 Å². The van der Waals surface area contributed by atoms with Crippen molar-refractivity contribution < 1.29 is 9.59 Å². The van der Waals surface area contributed by atoms with Crippen LogP contribution in [-0.2, 0) is 4.79 Å². The highest BCUT2D eigenvalue weighted by atomic mass is 16.2. The van der Waals surface area contributed by atoms with Crippen LogP contribution in [0.5, 0.6) is 0 Å². The summed E-state index contributed by atoms with van der Waals surface area (Å²) in [6.07, 6.45) is 7.09. The fourth-order valence-electron chi connectivity index (χ4n) is 4.39. The number of fused-ring (bicyclic) bond motifs is 2. The summed E-state index contributed by atoms with van der Waals surface area (Å²) in [5, 5.41) is 6.32. The molecule has 1 aromatic rings. The van der Waals surface area contributed by atoms with Crippen LogP contribution in [0.25, 0.3) is 0 Å². The van der Waals surface area contributed by atoms with E-state index < -0.39 is 0 Å². The molecular formula is C20H27N3O2. The van der Waals surface area contributed by atoms with Gasteiger partial charge in [0.25, 0.3) is 0 Å². The first kappa shape index (κ1) is 16.4. The number of nitrogens with zero attached hydrogens (tertiary/aromatic N) is 1. The Morgan fingerprint density at radius 1 is 1.04 bits per heavy atom. The minimum Gasteiger partial charge on any atom is -0.353 e. The molecule has 3 amide bonds. The van der Waals surface area contributed by atoms with Gasteiger partial charge in [0.05, 0.1) is 0 Å². The highest BCUT2D eigenvalue weighted by Gasteiger charge is 2.42. The Labute approximate surface area is 149 Å². The Hall–Kier alpha value is -2.04. The molecule has 3 aliphatic rings. The largest absolute Gasteiger partial charge is 0.353 e. The summed E-state index contributed by atoms with van der Waals surface area (Å²) in [5.41, 5.74) is 1.96. The van der Waals surface area contributed by atoms with Gasteiger partial charge >= 0.3 is 6.03 Å². The van der Waals surface area contributed by atoms with E-state index in [4.69, 9.17) is 0 Å². The van der Waals surface area contributed by atoms with Crippen molar-refractivity contribution in [2.24, 2.45) is 5.92 Å². The molecule has 1 aromatic carbocycles. The molecule has 25 heavy (non-hydrogen) atoms. The summed E-state index contributed by atoms with van der Waals surface area (Å²) < 4.78 is 0. The van der Waals surface area contributed by atoms with Crippen molar-refractivity contribution in [2.75, 3.05) is 5.32 Å². The van der Waals surface area contributed by atoms with Crippen molar-refractivity contribution >= 4 is 17.6 Å². The molecule has 5 nitrogen and oxygen atoms in total. The van der Waals surface area contributed by atoms with Gasteiger partial charge in [0.2, 0.25) is 5.91 Å². The van der Waals surface area contributed by atoms with Crippen LogP contribution in [0.4, 0.5) is 10.5 Å². The topological polar surface area (TPSA) is 61.4 Å². The van der Waals surface area contributed by atoms with E-state index in [0.717, 1.165) is 49.8 Å². The molecule has 3 fully saturated rings. The van der Waals surface area contributed by atoms with Gasteiger partial charge in [0, 0.05) is 29.7 Å². The fraction of sp³-hybridized carbons (Fsp3) is 0.600. The molecule has 2 N–H and O–H groups in total. The summed E-state index contributed by atoms with van der Waals surface area (Å²) in [7, 11) is 0. The smallest absolute Gasteiger partial charge is 0.322 e. The molecule has 1 aliphatic carbocycles. The van der Waals surface area contributed by atoms with Crippen molar-refractivity contribution in [2.45, 2.75) is 70.0 Å². The second-order valence-electron chi connectivity index (χ2n) is 7.84. The number of amides is 3. The standard InChI is InChI=1S/C20H27N3O2/c1-13-5-2-3-8-18(13)22-20(25)23-16-6-4-7-17(23)12-15(11-16)21-19(24)14-9-10-14/h2-3,5,8,14-17H,4,6-7,9-12H2,1H3,(H,21,24)(H,22,25)/t16-,17-/m1/s1. The van der Waals surface area contributed by atoms with E-state index >= 15 is 0 Å². The SMILES string of the molecule is Cc1ccccc1NC(=O)N1[C@@H]2CCC[C@@H]1CC(NC(=O)C1CC1)C2. The Bertz CT molecular complexity index is 657. The maximum atomic E-state index is 12.9. The molecule has 2 bridgehead atoms. The van der Waals surface area contributed by atoms with E-state index in [1.54, 1.807) is 0 Å². The monoisotopic (exact) mass is 341 g/mol. The molecule has 2 saturated heterocycles. The Morgan fingerprint density at radius 2 is 1.72 bits per heavy atom. The van der Waals surface area contributed by atoms with Crippen LogP contribution < -0.4 is 10.6 Å². The molecule has 2 atom stereocenters. The molecule has 0 radical (unpaired) electrons. The minimum atomic E-state index is 0.0102. The van der Waals surface area contributed by atoms with Crippen molar-refractivity contribution in [3.63, 3.8) is 0 Å². The summed E-state index contributed by atoms with van der Waals surface area (Å²) in [4.78, 5) is 27.0. The van der Waals surface area contributed by atoms with Crippen LogP contribution >= 0.6 is 0 Å². The third kappa shape index (κ3) is 3.51. The molecule has 2 heterocycles. The number of hydrogen-bond donors (Lipinski definition) is 2. The number of benzene rings is 1. The van der Waals surface area contributed by atoms with Crippen molar-refractivity contribution in [1.29, 1.82) is 0 Å². The number of anilines is 1. The number of nitrogens with one attached hydrogen (secondary N) is 2. The maximum Gasteiger partial charge on any atom is 0.322 e. The summed E-state index contributed by atoms with van der Waals surface area (Å²) >= 11 is 0. The van der Waals surface area contributed by atoms with Crippen molar-refractivity contribution in [3.05, 3.63) is 29.8 Å². The first-order valence-electron chi connectivity index (χ1n) is 9.57. The van der Waals surface area contributed by atoms with E-state index in [9.17, 15) is 9.59 Å². The van der Waals surface area contributed by atoms with E-state index in [1.165, 1.54) is 6.42 Å². The maximum absolute atomic E-state index is 12.9. The molecule has 0 spiro atoms. The van der Waals surface area contributed by atoms with E-state index in [2.05, 4.69) is 15.5 Å². The molecule has 5 heteroatoms. The summed E-state index contributed by atoms with van der Waals surface area (Å²) in [6.45, 7) is 2.01. The van der Waals surface area contributed by atoms with Crippen LogP contribution in [0.3, 0.4) is 0 Å². The second-order valence-corrected chi connectivity index (χ2v) is 7.84. The highest BCUT2D eigenvalue weighted by molar-refractivity contribution is 5.90. The summed E-state index contributed by atoms with van der Waals surface area (Å²) in [5.74, 6) is 0.475. The predicted octanol–water partition coefficient (Wildman–Crippen LogP) is 3.44. The number of aryl methyl sites for hydroxylation is 1. The molecule has 0 aromatic heterocycles. The highest BCUT2D eigenvalue weighted by Crippen LogP contribution is 2.36. The first-order chi connectivity index (χ1) is 12.1. The van der Waals surface area contributed by atoms with Gasteiger partial charge in [-0.05, 0) is 63.5 Å². The lowest BCUT2D eigenvalue weighted by atomic mass is 9.82. The molecular weight excluding hydrogens is 314 g/mol. The van der Waals surface area contributed by atoms with Gasteiger partial charge in [-0.2, -0.15) is 0 Å². The zero-order chi connectivity index (χ0) is 17.4. The van der Waals surface area contributed by atoms with Crippen molar-refractivity contribution in [1.82, 2.24) is 10.2 Å². The number of carbonyl (C=O) groups is 2. The van der Waals surface area contributed by atoms with Gasteiger partial charge in [0.1, 0.15) is 0 Å². The van der Waals surface area contributed by atoms with Gasteiger partial charge in [0.15, 0.2) is 0 Å². The zero-order valence-electron chi connectivity index (χ0n) is 14.8. The van der Waals surface area contributed by atoms with E-state index in [1.807, 2.05) is 31.2 Å². The van der Waals surface area contributed by atoms with E-state index in [-0.39, 0.29) is 36.0 Å². The normalized spacial score (nSPS) is 28.4. The fourth-order valence-corrected chi connectivity index (χ4v) is 4.39. The third-order valence-electron chi connectivity index (χ3n) is 5.89. The number of hydrogen-bond acceptors (Lipinski definition) is 2. The molecule has 0 unspecified atom stereocenters. The number of carbonyl (C=O) groups excluding carboxylic acids is 2. The third-order valence-corrected chi connectivity index (χ3v) is 5.89. The van der Waals surface area contributed by atoms with Gasteiger partial charge < -0.3 is 15.5 Å². The lowest BCUT2D eigenvalue weighted by Gasteiger charge is -2.48. The molecule has 1 saturated carbocycles. The Morgan fingerprint density at radius 3 is 2.36 bits per heavy atom. The van der Waals surface area contributed by atoms with Crippen LogP contribution in [-0.4, -0.2) is 35.0 Å². The number of piperidine rings is 2. The second kappa shape index (κ2) is 6.70. The number of rotatable bonds is 3. The van der Waals surface area contributed by atoms with Crippen LogP contribution in [0.15, 0.2) is 24.3 Å². The number of para-hydroxylation sites is 1. The van der Waals surface area contributed by atoms with Gasteiger partial charge in [-0.25, -0.2) is 4.79 Å². The first-order valence-corrected chi connectivity index (χ1v) is 9.57. The quantitative estimate of drug-likeness (QED) is 0.885. The molecule has 134 valence electrons. The lowest BCUT2D eigenvalue weighted by molar-refractivity contribution is -0.123. The van der Waals surface area contributed by atoms with Crippen LogP contribution in [0.1, 0.15) is 50.5 Å².